The van der Waals surface area contributed by atoms with E-state index in [2.05, 4.69) is 0 Å². The van der Waals surface area contributed by atoms with Crippen LogP contribution in [0.25, 0.3) is 0 Å². The Bertz CT molecular complexity index is 286. The summed E-state index contributed by atoms with van der Waals surface area (Å²) in [6.07, 6.45) is 0. The average molecular weight is 321 g/mol. The third kappa shape index (κ3) is 10.3. The van der Waals surface area contributed by atoms with Crippen molar-refractivity contribution in [2.75, 3.05) is 65.8 Å². The van der Waals surface area contributed by atoms with Crippen molar-refractivity contribution in [2.45, 2.75) is 6.92 Å². The number of hydrogen-bond acceptors (Lipinski definition) is 6. The molecule has 22 heavy (non-hydrogen) atoms. The highest BCUT2D eigenvalue weighted by Crippen LogP contribution is 1.91. The largest absolute Gasteiger partial charge is 0.395 e. The predicted octanol–water partition coefficient (Wildman–Crippen LogP) is -1.77. The summed E-state index contributed by atoms with van der Waals surface area (Å²) in [4.78, 5) is 25.0. The maximum Gasteiger partial charge on any atom is 0.314 e. The van der Waals surface area contributed by atoms with E-state index in [1.807, 2.05) is 0 Å². The van der Waals surface area contributed by atoms with Gasteiger partial charge in [-0.2, -0.15) is 0 Å². The third-order valence-electron chi connectivity index (χ3n) is 2.88. The lowest BCUT2D eigenvalue weighted by molar-refractivity contribution is -0.130. The summed E-state index contributed by atoms with van der Waals surface area (Å²) >= 11 is 0. The minimum atomic E-state index is -0.595. The molecule has 0 saturated heterocycles. The van der Waals surface area contributed by atoms with Crippen molar-refractivity contribution in [2.24, 2.45) is 5.73 Å². The van der Waals surface area contributed by atoms with E-state index in [9.17, 15) is 9.59 Å². The highest BCUT2D eigenvalue weighted by Gasteiger charge is 2.08. The molecule has 3 amide bonds. The second-order valence-corrected chi connectivity index (χ2v) is 4.50. The summed E-state index contributed by atoms with van der Waals surface area (Å²) in [5, 5.41) is 17.6. The van der Waals surface area contributed by atoms with Crippen molar-refractivity contribution in [3.63, 3.8) is 0 Å². The summed E-state index contributed by atoms with van der Waals surface area (Å²) in [5.41, 5.74) is 5.13. The van der Waals surface area contributed by atoms with Gasteiger partial charge in [0.25, 0.3) is 0 Å². The lowest BCUT2D eigenvalue weighted by Gasteiger charge is -2.20. The van der Waals surface area contributed by atoms with Crippen LogP contribution in [0.2, 0.25) is 0 Å². The highest BCUT2D eigenvalue weighted by atomic mass is 16.5. The van der Waals surface area contributed by atoms with Crippen LogP contribution < -0.4 is 5.73 Å². The number of carbonyl (C=O) groups is 2. The molecule has 0 rings (SSSR count). The number of aliphatic hydroxyl groups is 2. The third-order valence-corrected chi connectivity index (χ3v) is 2.88. The molecule has 0 aliphatic rings. The molecule has 0 bridgehead atoms. The number of nitrogens with zero attached hydrogens (tertiary/aromatic N) is 2. The van der Waals surface area contributed by atoms with Crippen LogP contribution in [0.3, 0.4) is 0 Å². The summed E-state index contributed by atoms with van der Waals surface area (Å²) in [7, 11) is 0. The molecular formula is C13H27N3O6. The van der Waals surface area contributed by atoms with Crippen LogP contribution in [0.15, 0.2) is 0 Å². The Labute approximate surface area is 130 Å². The summed E-state index contributed by atoms with van der Waals surface area (Å²) in [6, 6.07) is -0.595. The minimum Gasteiger partial charge on any atom is -0.395 e. The van der Waals surface area contributed by atoms with Crippen LogP contribution in [0.5, 0.6) is 0 Å². The lowest BCUT2D eigenvalue weighted by atomic mass is 10.4. The van der Waals surface area contributed by atoms with Gasteiger partial charge in [0.15, 0.2) is 0 Å². The van der Waals surface area contributed by atoms with E-state index >= 15 is 0 Å². The molecule has 9 heteroatoms. The molecule has 0 atom stereocenters. The molecule has 0 unspecified atom stereocenters. The summed E-state index contributed by atoms with van der Waals surface area (Å²) in [5.74, 6) is -0.107. The molecule has 0 saturated carbocycles. The lowest BCUT2D eigenvalue weighted by Crippen LogP contribution is -2.40. The molecule has 0 aliphatic carbocycles. The first kappa shape index (κ1) is 20.6. The van der Waals surface area contributed by atoms with E-state index in [4.69, 9.17) is 25.4 Å². The Morgan fingerprint density at radius 3 is 1.73 bits per heavy atom. The molecule has 9 nitrogen and oxygen atoms in total. The number of ether oxygens (including phenoxy) is 2. The quantitative estimate of drug-likeness (QED) is 0.345. The van der Waals surface area contributed by atoms with Crippen molar-refractivity contribution in [1.82, 2.24) is 9.80 Å². The minimum absolute atomic E-state index is 0.0765. The maximum atomic E-state index is 11.2. The van der Waals surface area contributed by atoms with Gasteiger partial charge in [0.1, 0.15) is 0 Å². The van der Waals surface area contributed by atoms with Gasteiger partial charge in [0.2, 0.25) is 5.91 Å². The van der Waals surface area contributed by atoms with E-state index in [0.29, 0.717) is 46.1 Å². The average Bonchev–Trinajstić information content (AvgIpc) is 2.47. The maximum absolute atomic E-state index is 11.2. The number of amides is 3. The van der Waals surface area contributed by atoms with Gasteiger partial charge in [0.05, 0.1) is 39.6 Å². The fourth-order valence-corrected chi connectivity index (χ4v) is 1.67. The highest BCUT2D eigenvalue weighted by molar-refractivity contribution is 5.73. The molecule has 4 N–H and O–H groups in total. The van der Waals surface area contributed by atoms with Crippen LogP contribution in [-0.4, -0.2) is 97.8 Å². The van der Waals surface area contributed by atoms with Gasteiger partial charge in [-0.15, -0.1) is 0 Å². The monoisotopic (exact) mass is 321 g/mol. The molecular weight excluding hydrogens is 294 g/mol. The number of rotatable bonds is 13. The van der Waals surface area contributed by atoms with Crippen LogP contribution in [0, 0.1) is 0 Å². The van der Waals surface area contributed by atoms with Crippen LogP contribution >= 0.6 is 0 Å². The summed E-state index contributed by atoms with van der Waals surface area (Å²) < 4.78 is 10.6. The number of aliphatic hydroxyl groups excluding tert-OH is 2. The molecule has 0 aromatic carbocycles. The van der Waals surface area contributed by atoms with Crippen molar-refractivity contribution in [3.05, 3.63) is 0 Å². The number of nitrogens with two attached hydrogens (primary N) is 1. The fourth-order valence-electron chi connectivity index (χ4n) is 1.67. The van der Waals surface area contributed by atoms with Gasteiger partial charge >= 0.3 is 6.03 Å². The predicted molar refractivity (Wildman–Crippen MR) is 79.2 cm³/mol. The zero-order valence-electron chi connectivity index (χ0n) is 13.1. The van der Waals surface area contributed by atoms with E-state index in [0.717, 1.165) is 0 Å². The molecule has 0 aromatic heterocycles. The molecule has 0 radical (unpaired) electrons. The SMILES string of the molecule is CC(=O)N(CCO)CCOCCOCCN(CCO)C(N)=O. The number of hydrogen-bond donors (Lipinski definition) is 3. The second-order valence-electron chi connectivity index (χ2n) is 4.50. The Balaban J connectivity index is 3.57. The van der Waals surface area contributed by atoms with Crippen molar-refractivity contribution in [3.8, 4) is 0 Å². The topological polar surface area (TPSA) is 126 Å². The van der Waals surface area contributed by atoms with E-state index in [-0.39, 0.29) is 25.7 Å². The van der Waals surface area contributed by atoms with Gasteiger partial charge in [-0.05, 0) is 0 Å². The van der Waals surface area contributed by atoms with Crippen molar-refractivity contribution < 1.29 is 29.3 Å². The van der Waals surface area contributed by atoms with Crippen LogP contribution in [0.1, 0.15) is 6.92 Å². The van der Waals surface area contributed by atoms with E-state index < -0.39 is 6.03 Å². The Morgan fingerprint density at radius 2 is 1.32 bits per heavy atom. The van der Waals surface area contributed by atoms with Gasteiger partial charge in [-0.25, -0.2) is 4.79 Å². The first-order valence-corrected chi connectivity index (χ1v) is 7.20. The first-order valence-electron chi connectivity index (χ1n) is 7.20. The second kappa shape index (κ2) is 13.3. The van der Waals surface area contributed by atoms with Crippen LogP contribution in [0.4, 0.5) is 4.79 Å². The number of urea groups is 1. The zero-order chi connectivity index (χ0) is 16.8. The molecule has 0 fully saturated rings. The Morgan fingerprint density at radius 1 is 0.864 bits per heavy atom. The van der Waals surface area contributed by atoms with Crippen molar-refractivity contribution >= 4 is 11.9 Å². The molecule has 0 spiro atoms. The van der Waals surface area contributed by atoms with E-state index in [1.165, 1.54) is 16.7 Å². The molecule has 0 heterocycles. The zero-order valence-corrected chi connectivity index (χ0v) is 13.1. The Kier molecular flexibility index (Phi) is 12.4. The van der Waals surface area contributed by atoms with Gasteiger partial charge in [-0.1, -0.05) is 0 Å². The normalized spacial score (nSPS) is 10.5. The fraction of sp³-hybridized carbons (Fsp3) is 0.846. The molecule has 0 aliphatic heterocycles. The van der Waals surface area contributed by atoms with Gasteiger partial charge in [0, 0.05) is 33.1 Å². The molecule has 0 aromatic rings. The van der Waals surface area contributed by atoms with Crippen molar-refractivity contribution in [1.29, 1.82) is 0 Å². The smallest absolute Gasteiger partial charge is 0.314 e. The van der Waals surface area contributed by atoms with E-state index in [1.54, 1.807) is 0 Å². The summed E-state index contributed by atoms with van der Waals surface area (Å²) in [6.45, 7) is 3.80. The van der Waals surface area contributed by atoms with Crippen LogP contribution in [-0.2, 0) is 14.3 Å². The first-order chi connectivity index (χ1) is 10.5. The van der Waals surface area contributed by atoms with Gasteiger partial charge < -0.3 is 35.2 Å². The standard InChI is InChI=1S/C13H27N3O6/c1-12(19)15(2-6-17)4-8-21-10-11-22-9-5-16(3-7-18)13(14)20/h17-18H,2-11H2,1H3,(H2,14,20). The molecule has 130 valence electrons. The number of carbonyl (C=O) groups excluding carboxylic acids is 2. The Hall–Kier alpha value is -1.42. The van der Waals surface area contributed by atoms with Gasteiger partial charge in [-0.3, -0.25) is 4.79 Å². The number of primary amides is 1.